The summed E-state index contributed by atoms with van der Waals surface area (Å²) < 4.78 is 10.8. The summed E-state index contributed by atoms with van der Waals surface area (Å²) in [5.74, 6) is 0.298. The number of ether oxygens (including phenoxy) is 2. The lowest BCUT2D eigenvalue weighted by atomic mass is 9.84. The van der Waals surface area contributed by atoms with E-state index in [1.807, 2.05) is 60.6 Å². The molecule has 4 heteroatoms. The summed E-state index contributed by atoms with van der Waals surface area (Å²) >= 11 is 0. The van der Waals surface area contributed by atoms with Gasteiger partial charge < -0.3 is 9.47 Å². The minimum absolute atomic E-state index is 0.227. The average Bonchev–Trinajstić information content (AvgIpc) is 2.43. The largest absolute Gasteiger partial charge is 0.459 e. The molecule has 0 heterocycles. The van der Waals surface area contributed by atoms with Crippen molar-refractivity contribution in [1.29, 1.82) is 0 Å². The van der Waals surface area contributed by atoms with Crippen LogP contribution in [0.25, 0.3) is 0 Å². The molecule has 1 atom stereocenters. The molecule has 0 amide bonds. The van der Waals surface area contributed by atoms with Crippen LogP contribution < -0.4 is 4.74 Å². The lowest BCUT2D eigenvalue weighted by Crippen LogP contribution is -2.26. The maximum Gasteiger partial charge on any atom is 0.316 e. The number of esters is 1. The van der Waals surface area contributed by atoms with E-state index in [2.05, 4.69) is 0 Å². The van der Waals surface area contributed by atoms with Crippen LogP contribution in [0.4, 0.5) is 0 Å². The molecule has 23 heavy (non-hydrogen) atoms. The summed E-state index contributed by atoms with van der Waals surface area (Å²) in [6, 6.07) is 5.58. The van der Waals surface area contributed by atoms with Gasteiger partial charge in [0.05, 0.1) is 5.41 Å². The Kier molecular flexibility index (Phi) is 5.98. The molecule has 0 fully saturated rings. The van der Waals surface area contributed by atoms with Crippen molar-refractivity contribution in [1.82, 2.24) is 0 Å². The Labute approximate surface area is 139 Å². The molecule has 0 saturated carbocycles. The molecular formula is C19H28O4. The summed E-state index contributed by atoms with van der Waals surface area (Å²) in [6.07, 6.45) is 0.371. The second-order valence-electron chi connectivity index (χ2n) is 7.84. The van der Waals surface area contributed by atoms with Crippen molar-refractivity contribution >= 4 is 12.4 Å². The SMILES string of the molecule is CCc1cc(C(OC=O)C(C)(C)C)ccc1OC(=O)C(C)(C)C. The van der Waals surface area contributed by atoms with Crippen LogP contribution in [0.15, 0.2) is 18.2 Å². The van der Waals surface area contributed by atoms with E-state index in [1.165, 1.54) is 0 Å². The van der Waals surface area contributed by atoms with E-state index in [1.54, 1.807) is 6.07 Å². The molecule has 1 aromatic rings. The van der Waals surface area contributed by atoms with E-state index in [0.717, 1.165) is 17.5 Å². The Morgan fingerprint density at radius 2 is 1.78 bits per heavy atom. The van der Waals surface area contributed by atoms with E-state index < -0.39 is 5.41 Å². The smallest absolute Gasteiger partial charge is 0.316 e. The number of carbonyl (C=O) groups is 2. The average molecular weight is 320 g/mol. The molecular weight excluding hydrogens is 292 g/mol. The predicted molar refractivity (Wildman–Crippen MR) is 90.3 cm³/mol. The third-order valence-corrected chi connectivity index (χ3v) is 3.56. The van der Waals surface area contributed by atoms with E-state index in [4.69, 9.17) is 9.47 Å². The van der Waals surface area contributed by atoms with Gasteiger partial charge in [0.2, 0.25) is 0 Å². The summed E-state index contributed by atoms with van der Waals surface area (Å²) in [4.78, 5) is 22.9. The summed E-state index contributed by atoms with van der Waals surface area (Å²) in [5, 5.41) is 0. The van der Waals surface area contributed by atoms with Gasteiger partial charge >= 0.3 is 5.97 Å². The Hall–Kier alpha value is -1.84. The number of benzene rings is 1. The van der Waals surface area contributed by atoms with E-state index in [9.17, 15) is 9.59 Å². The first kappa shape index (κ1) is 19.2. The van der Waals surface area contributed by atoms with Crippen LogP contribution in [0, 0.1) is 10.8 Å². The molecule has 0 bridgehead atoms. The molecule has 0 saturated heterocycles. The molecule has 4 nitrogen and oxygen atoms in total. The highest BCUT2D eigenvalue weighted by atomic mass is 16.5. The lowest BCUT2D eigenvalue weighted by molar-refractivity contribution is -0.143. The van der Waals surface area contributed by atoms with Crippen molar-refractivity contribution in [3.8, 4) is 5.75 Å². The quantitative estimate of drug-likeness (QED) is 0.456. The van der Waals surface area contributed by atoms with Crippen molar-refractivity contribution in [2.45, 2.75) is 61.0 Å². The van der Waals surface area contributed by atoms with Gasteiger partial charge in [-0.3, -0.25) is 9.59 Å². The van der Waals surface area contributed by atoms with Crippen molar-refractivity contribution in [2.75, 3.05) is 0 Å². The summed E-state index contributed by atoms with van der Waals surface area (Å²) in [7, 11) is 0. The zero-order valence-electron chi connectivity index (χ0n) is 15.2. The van der Waals surface area contributed by atoms with Gasteiger partial charge in [-0.25, -0.2) is 0 Å². The van der Waals surface area contributed by atoms with Crippen LogP contribution in [-0.2, 0) is 20.7 Å². The van der Waals surface area contributed by atoms with Gasteiger partial charge in [0.15, 0.2) is 0 Å². The van der Waals surface area contributed by atoms with Crippen LogP contribution in [0.5, 0.6) is 5.75 Å². The fourth-order valence-electron chi connectivity index (χ4n) is 2.23. The van der Waals surface area contributed by atoms with Crippen LogP contribution in [0.2, 0.25) is 0 Å². The van der Waals surface area contributed by atoms with E-state index >= 15 is 0 Å². The lowest BCUT2D eigenvalue weighted by Gasteiger charge is -2.29. The maximum atomic E-state index is 12.1. The maximum absolute atomic E-state index is 12.1. The van der Waals surface area contributed by atoms with Crippen molar-refractivity contribution in [3.05, 3.63) is 29.3 Å². The molecule has 0 aliphatic rings. The summed E-state index contributed by atoms with van der Waals surface area (Å²) in [6.45, 7) is 14.0. The fourth-order valence-corrected chi connectivity index (χ4v) is 2.23. The third kappa shape index (κ3) is 5.08. The Morgan fingerprint density at radius 1 is 1.17 bits per heavy atom. The number of hydrogen-bond acceptors (Lipinski definition) is 4. The van der Waals surface area contributed by atoms with Crippen LogP contribution in [0.1, 0.15) is 65.7 Å². The normalized spacial score (nSPS) is 13.3. The topological polar surface area (TPSA) is 52.6 Å². The molecule has 0 aliphatic carbocycles. The van der Waals surface area contributed by atoms with Crippen molar-refractivity contribution in [2.24, 2.45) is 10.8 Å². The Morgan fingerprint density at radius 3 is 2.22 bits per heavy atom. The zero-order valence-corrected chi connectivity index (χ0v) is 15.2. The molecule has 1 unspecified atom stereocenters. The second-order valence-corrected chi connectivity index (χ2v) is 7.84. The molecule has 1 aromatic carbocycles. The number of aryl methyl sites for hydroxylation is 1. The van der Waals surface area contributed by atoms with Gasteiger partial charge in [0.1, 0.15) is 11.9 Å². The molecule has 0 aliphatic heterocycles. The standard InChI is InChI=1S/C19H28O4/c1-8-13-11-14(16(22-12-20)18(2,3)4)9-10-15(13)23-17(21)19(5,6)7/h9-12,16H,8H2,1-7H3. The first-order valence-electron chi connectivity index (χ1n) is 7.95. The molecule has 0 spiro atoms. The van der Waals surface area contributed by atoms with Crippen LogP contribution in [0.3, 0.4) is 0 Å². The zero-order chi connectivity index (χ0) is 17.8. The molecule has 0 radical (unpaired) electrons. The van der Waals surface area contributed by atoms with E-state index in [-0.39, 0.29) is 17.5 Å². The predicted octanol–water partition coefficient (Wildman–Crippen LogP) is 4.46. The van der Waals surface area contributed by atoms with Crippen LogP contribution in [-0.4, -0.2) is 12.4 Å². The minimum atomic E-state index is -0.557. The Bertz CT molecular complexity index is 562. The van der Waals surface area contributed by atoms with Gasteiger partial charge in [-0.05, 0) is 50.5 Å². The van der Waals surface area contributed by atoms with Crippen molar-refractivity contribution < 1.29 is 19.1 Å². The van der Waals surface area contributed by atoms with Crippen LogP contribution >= 0.6 is 0 Å². The molecule has 0 N–H and O–H groups in total. The molecule has 1 rings (SSSR count). The molecule has 128 valence electrons. The highest BCUT2D eigenvalue weighted by Crippen LogP contribution is 2.37. The van der Waals surface area contributed by atoms with Gasteiger partial charge in [0.25, 0.3) is 6.47 Å². The van der Waals surface area contributed by atoms with Gasteiger partial charge in [-0.15, -0.1) is 0 Å². The Balaban J connectivity index is 3.17. The monoisotopic (exact) mass is 320 g/mol. The summed E-state index contributed by atoms with van der Waals surface area (Å²) in [5.41, 5.74) is 1.04. The first-order valence-corrected chi connectivity index (χ1v) is 7.95. The van der Waals surface area contributed by atoms with Gasteiger partial charge in [0, 0.05) is 5.41 Å². The highest BCUT2D eigenvalue weighted by molar-refractivity contribution is 5.78. The first-order chi connectivity index (χ1) is 10.5. The highest BCUT2D eigenvalue weighted by Gasteiger charge is 2.29. The number of hydrogen-bond donors (Lipinski definition) is 0. The van der Waals surface area contributed by atoms with Gasteiger partial charge in [-0.2, -0.15) is 0 Å². The minimum Gasteiger partial charge on any atom is -0.459 e. The number of carbonyl (C=O) groups excluding carboxylic acids is 2. The molecule has 0 aromatic heterocycles. The third-order valence-electron chi connectivity index (χ3n) is 3.56. The fraction of sp³-hybridized carbons (Fsp3) is 0.579. The van der Waals surface area contributed by atoms with Crippen molar-refractivity contribution in [3.63, 3.8) is 0 Å². The van der Waals surface area contributed by atoms with E-state index in [0.29, 0.717) is 12.2 Å². The second kappa shape index (κ2) is 7.16. The number of rotatable bonds is 5. The van der Waals surface area contributed by atoms with Gasteiger partial charge in [-0.1, -0.05) is 33.8 Å².